The average Bonchev–Trinajstić information content (AvgIpc) is 2.84. The smallest absolute Gasteiger partial charge is 0.124 e. The third-order valence-corrected chi connectivity index (χ3v) is 4.47. The second-order valence-electron chi connectivity index (χ2n) is 6.50. The largest absolute Gasteiger partial charge is 0.326 e. The first-order valence-electron chi connectivity index (χ1n) is 8.25. The van der Waals surface area contributed by atoms with Crippen molar-refractivity contribution in [2.45, 2.75) is 46.2 Å². The van der Waals surface area contributed by atoms with Crippen LogP contribution in [-0.4, -0.2) is 27.5 Å². The van der Waals surface area contributed by atoms with E-state index in [9.17, 15) is 0 Å². The molecule has 1 aliphatic heterocycles. The van der Waals surface area contributed by atoms with Crippen LogP contribution in [0.2, 0.25) is 0 Å². The number of nitrogens with zero attached hydrogens (tertiary/aromatic N) is 4. The molecular formula is C18H24N4. The Balaban J connectivity index is 1.95. The highest BCUT2D eigenvalue weighted by Crippen LogP contribution is 2.21. The van der Waals surface area contributed by atoms with E-state index in [0.29, 0.717) is 0 Å². The third kappa shape index (κ3) is 3.15. The predicted molar refractivity (Wildman–Crippen MR) is 88.4 cm³/mol. The molecule has 0 amide bonds. The van der Waals surface area contributed by atoms with Crippen LogP contribution in [0.4, 0.5) is 0 Å². The predicted octanol–water partition coefficient (Wildman–Crippen LogP) is 3.49. The summed E-state index contributed by atoms with van der Waals surface area (Å²) in [6.07, 6.45) is 3.92. The summed E-state index contributed by atoms with van der Waals surface area (Å²) < 4.78 is 2.25. The van der Waals surface area contributed by atoms with Gasteiger partial charge < -0.3 is 4.57 Å². The van der Waals surface area contributed by atoms with Gasteiger partial charge in [0.2, 0.25) is 0 Å². The Morgan fingerprint density at radius 3 is 2.77 bits per heavy atom. The number of likely N-dealkylation sites (tertiary alicyclic amines) is 1. The van der Waals surface area contributed by atoms with Gasteiger partial charge in [0.15, 0.2) is 0 Å². The van der Waals surface area contributed by atoms with Crippen LogP contribution in [0, 0.1) is 24.2 Å². The highest BCUT2D eigenvalue weighted by Gasteiger charge is 2.17. The molecule has 4 heteroatoms. The Labute approximate surface area is 132 Å². The number of hydrogen-bond donors (Lipinski definition) is 0. The average molecular weight is 296 g/mol. The summed E-state index contributed by atoms with van der Waals surface area (Å²) in [5.41, 5.74) is 3.44. The van der Waals surface area contributed by atoms with Crippen molar-refractivity contribution >= 4 is 11.0 Å². The first-order valence-corrected chi connectivity index (χ1v) is 8.25. The van der Waals surface area contributed by atoms with E-state index in [2.05, 4.69) is 40.7 Å². The molecule has 116 valence electrons. The van der Waals surface area contributed by atoms with Crippen molar-refractivity contribution in [1.82, 2.24) is 14.5 Å². The molecule has 1 atom stereocenters. The van der Waals surface area contributed by atoms with Crippen LogP contribution >= 0.6 is 0 Å². The fourth-order valence-corrected chi connectivity index (χ4v) is 3.25. The molecule has 0 bridgehead atoms. The number of nitriles is 1. The fourth-order valence-electron chi connectivity index (χ4n) is 3.25. The molecule has 1 saturated heterocycles. The lowest BCUT2D eigenvalue weighted by molar-refractivity contribution is 0.213. The van der Waals surface area contributed by atoms with Crippen molar-refractivity contribution in [2.75, 3.05) is 13.1 Å². The van der Waals surface area contributed by atoms with Crippen LogP contribution in [0.15, 0.2) is 18.2 Å². The number of hydrogen-bond acceptors (Lipinski definition) is 3. The summed E-state index contributed by atoms with van der Waals surface area (Å²) in [7, 11) is 0. The maximum Gasteiger partial charge on any atom is 0.124 e. The van der Waals surface area contributed by atoms with Gasteiger partial charge in [0, 0.05) is 6.54 Å². The maximum atomic E-state index is 9.17. The van der Waals surface area contributed by atoms with E-state index in [0.717, 1.165) is 43.0 Å². The molecule has 0 radical (unpaired) electrons. The van der Waals surface area contributed by atoms with Gasteiger partial charge in [0.25, 0.3) is 0 Å². The van der Waals surface area contributed by atoms with Gasteiger partial charge in [-0.2, -0.15) is 5.26 Å². The molecule has 1 aromatic heterocycles. The quantitative estimate of drug-likeness (QED) is 0.867. The standard InChI is InChI=1S/C18H24N4/c1-14-6-7-17-16(10-14)20-18(22(17)12-15(2)11-19)13-21-8-4-3-5-9-21/h6-7,10,15H,3-5,8-9,12-13H2,1-2H3. The molecule has 2 heterocycles. The van der Waals surface area contributed by atoms with E-state index in [1.54, 1.807) is 0 Å². The summed E-state index contributed by atoms with van der Waals surface area (Å²) in [5.74, 6) is 1.10. The lowest BCUT2D eigenvalue weighted by atomic mass is 10.1. The number of piperidine rings is 1. The number of aryl methyl sites for hydroxylation is 1. The Kier molecular flexibility index (Phi) is 4.44. The monoisotopic (exact) mass is 296 g/mol. The SMILES string of the molecule is Cc1ccc2c(c1)nc(CN1CCCCC1)n2CC(C)C#N. The molecule has 1 aliphatic rings. The summed E-state index contributed by atoms with van der Waals surface area (Å²) in [5, 5.41) is 9.17. The van der Waals surface area contributed by atoms with Gasteiger partial charge in [-0.1, -0.05) is 12.5 Å². The molecular weight excluding hydrogens is 272 g/mol. The van der Waals surface area contributed by atoms with Crippen LogP contribution in [0.5, 0.6) is 0 Å². The third-order valence-electron chi connectivity index (χ3n) is 4.47. The zero-order valence-corrected chi connectivity index (χ0v) is 13.5. The topological polar surface area (TPSA) is 44.9 Å². The van der Waals surface area contributed by atoms with Gasteiger partial charge in [0.1, 0.15) is 5.82 Å². The maximum absolute atomic E-state index is 9.17. The van der Waals surface area contributed by atoms with Gasteiger partial charge in [-0.15, -0.1) is 0 Å². The molecule has 1 unspecified atom stereocenters. The normalized spacial score (nSPS) is 17.5. The molecule has 2 aromatic rings. The van der Waals surface area contributed by atoms with Crippen LogP contribution in [-0.2, 0) is 13.1 Å². The zero-order valence-electron chi connectivity index (χ0n) is 13.5. The van der Waals surface area contributed by atoms with E-state index in [1.165, 1.54) is 24.8 Å². The molecule has 0 saturated carbocycles. The van der Waals surface area contributed by atoms with Crippen molar-refractivity contribution in [1.29, 1.82) is 5.26 Å². The van der Waals surface area contributed by atoms with E-state index in [-0.39, 0.29) is 5.92 Å². The highest BCUT2D eigenvalue weighted by molar-refractivity contribution is 5.76. The zero-order chi connectivity index (χ0) is 15.5. The van der Waals surface area contributed by atoms with Gasteiger partial charge >= 0.3 is 0 Å². The summed E-state index contributed by atoms with van der Waals surface area (Å²) in [6, 6.07) is 8.76. The lowest BCUT2D eigenvalue weighted by Crippen LogP contribution is -2.30. The van der Waals surface area contributed by atoms with Crippen molar-refractivity contribution in [3.05, 3.63) is 29.6 Å². The van der Waals surface area contributed by atoms with Crippen LogP contribution in [0.25, 0.3) is 11.0 Å². The first-order chi connectivity index (χ1) is 10.7. The van der Waals surface area contributed by atoms with E-state index < -0.39 is 0 Å². The Morgan fingerprint density at radius 1 is 1.27 bits per heavy atom. The molecule has 4 nitrogen and oxygen atoms in total. The number of fused-ring (bicyclic) bond motifs is 1. The minimum absolute atomic E-state index is 0.00110. The van der Waals surface area contributed by atoms with Gasteiger partial charge in [0.05, 0.1) is 29.6 Å². The first kappa shape index (κ1) is 15.1. The molecule has 1 aromatic carbocycles. The molecule has 0 N–H and O–H groups in total. The second-order valence-corrected chi connectivity index (χ2v) is 6.50. The van der Waals surface area contributed by atoms with Crippen LogP contribution < -0.4 is 0 Å². The number of rotatable bonds is 4. The Hall–Kier alpha value is -1.86. The molecule has 0 aliphatic carbocycles. The minimum Gasteiger partial charge on any atom is -0.326 e. The van der Waals surface area contributed by atoms with E-state index in [4.69, 9.17) is 10.2 Å². The van der Waals surface area contributed by atoms with E-state index in [1.807, 2.05) is 6.92 Å². The van der Waals surface area contributed by atoms with Crippen molar-refractivity contribution in [3.8, 4) is 6.07 Å². The number of aromatic nitrogens is 2. The molecule has 1 fully saturated rings. The summed E-state index contributed by atoms with van der Waals surface area (Å²) >= 11 is 0. The van der Waals surface area contributed by atoms with Gasteiger partial charge in [-0.05, 0) is 57.5 Å². The van der Waals surface area contributed by atoms with Crippen molar-refractivity contribution in [2.24, 2.45) is 5.92 Å². The van der Waals surface area contributed by atoms with Gasteiger partial charge in [-0.25, -0.2) is 4.98 Å². The number of imidazole rings is 1. The Morgan fingerprint density at radius 2 is 2.05 bits per heavy atom. The molecule has 0 spiro atoms. The van der Waals surface area contributed by atoms with Crippen molar-refractivity contribution < 1.29 is 0 Å². The fraction of sp³-hybridized carbons (Fsp3) is 0.556. The van der Waals surface area contributed by atoms with Crippen molar-refractivity contribution in [3.63, 3.8) is 0 Å². The molecule has 22 heavy (non-hydrogen) atoms. The van der Waals surface area contributed by atoms with E-state index >= 15 is 0 Å². The number of benzene rings is 1. The lowest BCUT2D eigenvalue weighted by Gasteiger charge is -2.26. The highest BCUT2D eigenvalue weighted by atomic mass is 15.2. The summed E-state index contributed by atoms with van der Waals surface area (Å²) in [4.78, 5) is 7.36. The Bertz CT molecular complexity index is 689. The van der Waals surface area contributed by atoms with Crippen LogP contribution in [0.1, 0.15) is 37.6 Å². The second kappa shape index (κ2) is 6.50. The molecule has 3 rings (SSSR count). The van der Waals surface area contributed by atoms with Crippen LogP contribution in [0.3, 0.4) is 0 Å². The summed E-state index contributed by atoms with van der Waals surface area (Å²) in [6.45, 7) is 8.02. The minimum atomic E-state index is -0.00110. The van der Waals surface area contributed by atoms with Gasteiger partial charge in [-0.3, -0.25) is 4.90 Å².